The van der Waals surface area contributed by atoms with E-state index in [1.54, 1.807) is 0 Å². The minimum Gasteiger partial charge on any atom is -0.468 e. The molecule has 27 heavy (non-hydrogen) atoms. The first-order valence-electron chi connectivity index (χ1n) is 9.37. The maximum Gasteiger partial charge on any atom is 0.319 e. The summed E-state index contributed by atoms with van der Waals surface area (Å²) < 4.78 is 4.75. The van der Waals surface area contributed by atoms with Gasteiger partial charge in [0.1, 0.15) is 0 Å². The molecule has 1 fully saturated rings. The Balaban J connectivity index is 1.64. The summed E-state index contributed by atoms with van der Waals surface area (Å²) in [5.41, 5.74) is 4.64. The summed E-state index contributed by atoms with van der Waals surface area (Å²) in [5, 5.41) is 0. The van der Waals surface area contributed by atoms with Gasteiger partial charge in [0.2, 0.25) is 0 Å². The average Bonchev–Trinajstić information content (AvgIpc) is 2.63. The van der Waals surface area contributed by atoms with Crippen molar-refractivity contribution < 1.29 is 9.53 Å². The van der Waals surface area contributed by atoms with Crippen LogP contribution in [0.25, 0.3) is 0 Å². The summed E-state index contributed by atoms with van der Waals surface area (Å²) >= 11 is 0. The molecule has 1 saturated heterocycles. The van der Waals surface area contributed by atoms with Gasteiger partial charge >= 0.3 is 5.97 Å². The van der Waals surface area contributed by atoms with E-state index in [1.807, 2.05) is 24.5 Å². The molecule has 1 aliphatic rings. The number of methoxy groups -OCH3 is 1. The summed E-state index contributed by atoms with van der Waals surface area (Å²) in [6.07, 6.45) is 3.71. The lowest BCUT2D eigenvalue weighted by molar-refractivity contribution is -0.143. The molecular formula is C21H28N4O2. The molecule has 3 rings (SSSR count). The second kappa shape index (κ2) is 9.06. The molecule has 6 heteroatoms. The first-order chi connectivity index (χ1) is 13.0. The highest BCUT2D eigenvalue weighted by molar-refractivity contribution is 5.71. The van der Waals surface area contributed by atoms with Crippen molar-refractivity contribution in [3.05, 3.63) is 59.2 Å². The lowest BCUT2D eigenvalue weighted by atomic mass is 9.99. The molecule has 1 aliphatic heterocycles. The third-order valence-corrected chi connectivity index (χ3v) is 5.11. The highest BCUT2D eigenvalue weighted by atomic mass is 16.5. The molecule has 0 spiro atoms. The number of carbonyl (C=O) groups excluding carboxylic acids is 1. The van der Waals surface area contributed by atoms with Crippen LogP contribution in [0.15, 0.2) is 36.7 Å². The van der Waals surface area contributed by atoms with Gasteiger partial charge in [-0.15, -0.1) is 0 Å². The SMILES string of the molecule is COC(=O)CN1CC(CN(Cc2ncccc2C)Cc2ncccc2C)C1. The van der Waals surface area contributed by atoms with Crippen molar-refractivity contribution >= 4 is 5.97 Å². The van der Waals surface area contributed by atoms with Crippen molar-refractivity contribution in [3.63, 3.8) is 0 Å². The highest BCUT2D eigenvalue weighted by Gasteiger charge is 2.30. The van der Waals surface area contributed by atoms with Gasteiger partial charge in [0, 0.05) is 45.1 Å². The lowest BCUT2D eigenvalue weighted by Crippen LogP contribution is -2.52. The van der Waals surface area contributed by atoms with E-state index < -0.39 is 0 Å². The van der Waals surface area contributed by atoms with Gasteiger partial charge in [0.15, 0.2) is 0 Å². The number of carbonyl (C=O) groups is 1. The zero-order chi connectivity index (χ0) is 19.2. The predicted molar refractivity (Wildman–Crippen MR) is 104 cm³/mol. The van der Waals surface area contributed by atoms with Crippen molar-refractivity contribution in [2.24, 2.45) is 5.92 Å². The number of aromatic nitrogens is 2. The van der Waals surface area contributed by atoms with E-state index in [-0.39, 0.29) is 5.97 Å². The zero-order valence-corrected chi connectivity index (χ0v) is 16.4. The fourth-order valence-electron chi connectivity index (χ4n) is 3.51. The molecule has 0 aliphatic carbocycles. The molecule has 0 amide bonds. The number of hydrogen-bond donors (Lipinski definition) is 0. The number of hydrogen-bond acceptors (Lipinski definition) is 6. The molecule has 0 bridgehead atoms. The van der Waals surface area contributed by atoms with Crippen LogP contribution in [0, 0.1) is 19.8 Å². The molecule has 144 valence electrons. The minimum absolute atomic E-state index is 0.168. The number of aryl methyl sites for hydroxylation is 2. The van der Waals surface area contributed by atoms with Gasteiger partial charge < -0.3 is 4.74 Å². The van der Waals surface area contributed by atoms with E-state index in [0.717, 1.165) is 44.1 Å². The van der Waals surface area contributed by atoms with Gasteiger partial charge in [0.05, 0.1) is 25.0 Å². The van der Waals surface area contributed by atoms with Crippen LogP contribution in [0.1, 0.15) is 22.5 Å². The number of likely N-dealkylation sites (tertiary alicyclic amines) is 1. The van der Waals surface area contributed by atoms with Gasteiger partial charge in [-0.2, -0.15) is 0 Å². The van der Waals surface area contributed by atoms with Crippen LogP contribution in [0.4, 0.5) is 0 Å². The van der Waals surface area contributed by atoms with Gasteiger partial charge in [-0.25, -0.2) is 0 Å². The molecule has 0 atom stereocenters. The number of nitrogens with zero attached hydrogens (tertiary/aromatic N) is 4. The van der Waals surface area contributed by atoms with Gasteiger partial charge in [-0.1, -0.05) is 12.1 Å². The molecule has 0 saturated carbocycles. The third-order valence-electron chi connectivity index (χ3n) is 5.11. The van der Waals surface area contributed by atoms with Gasteiger partial charge in [-0.3, -0.25) is 24.6 Å². The second-order valence-corrected chi connectivity index (χ2v) is 7.34. The van der Waals surface area contributed by atoms with Crippen molar-refractivity contribution in [1.29, 1.82) is 0 Å². The van der Waals surface area contributed by atoms with Gasteiger partial charge in [0.25, 0.3) is 0 Å². The Hall–Kier alpha value is -2.31. The number of ether oxygens (including phenoxy) is 1. The molecular weight excluding hydrogens is 340 g/mol. The molecule has 0 radical (unpaired) electrons. The van der Waals surface area contributed by atoms with Crippen LogP contribution in [0.3, 0.4) is 0 Å². The van der Waals surface area contributed by atoms with Crippen LogP contribution in [0.5, 0.6) is 0 Å². The second-order valence-electron chi connectivity index (χ2n) is 7.34. The van der Waals surface area contributed by atoms with Crippen LogP contribution >= 0.6 is 0 Å². The maximum absolute atomic E-state index is 11.4. The first kappa shape index (κ1) is 19.5. The van der Waals surface area contributed by atoms with E-state index >= 15 is 0 Å². The monoisotopic (exact) mass is 368 g/mol. The summed E-state index contributed by atoms with van der Waals surface area (Å²) in [4.78, 5) is 25.1. The Kier molecular flexibility index (Phi) is 6.53. The van der Waals surface area contributed by atoms with Crippen molar-refractivity contribution in [1.82, 2.24) is 19.8 Å². The summed E-state index contributed by atoms with van der Waals surface area (Å²) in [7, 11) is 1.44. The Morgan fingerprint density at radius 3 is 2.15 bits per heavy atom. The highest BCUT2D eigenvalue weighted by Crippen LogP contribution is 2.20. The largest absolute Gasteiger partial charge is 0.468 e. The Morgan fingerprint density at radius 2 is 1.67 bits per heavy atom. The summed E-state index contributed by atoms with van der Waals surface area (Å²) in [5.74, 6) is 0.376. The molecule has 3 heterocycles. The quantitative estimate of drug-likeness (QED) is 0.666. The van der Waals surface area contributed by atoms with E-state index in [2.05, 4.69) is 45.7 Å². The molecule has 2 aromatic rings. The topological polar surface area (TPSA) is 58.6 Å². The van der Waals surface area contributed by atoms with Crippen molar-refractivity contribution in [2.45, 2.75) is 26.9 Å². The van der Waals surface area contributed by atoms with E-state index in [9.17, 15) is 4.79 Å². The molecule has 0 unspecified atom stereocenters. The average molecular weight is 368 g/mol. The predicted octanol–water partition coefficient (Wildman–Crippen LogP) is 2.20. The van der Waals surface area contributed by atoms with Crippen molar-refractivity contribution in [2.75, 3.05) is 33.3 Å². The van der Waals surface area contributed by atoms with E-state index in [1.165, 1.54) is 18.2 Å². The normalized spacial score (nSPS) is 15.0. The third kappa shape index (κ3) is 5.34. The van der Waals surface area contributed by atoms with Crippen LogP contribution in [-0.4, -0.2) is 59.0 Å². The standard InChI is InChI=1S/C21H28N4O2/c1-16-6-4-8-22-19(16)13-25(14-20-17(2)7-5-9-23-20)12-18-10-24(11-18)15-21(26)27-3/h4-9,18H,10-15H2,1-3H3. The Labute approximate surface area is 161 Å². The van der Waals surface area contributed by atoms with E-state index in [4.69, 9.17) is 4.74 Å². The zero-order valence-electron chi connectivity index (χ0n) is 16.4. The molecule has 0 N–H and O–H groups in total. The summed E-state index contributed by atoms with van der Waals surface area (Å²) in [6, 6.07) is 8.16. The van der Waals surface area contributed by atoms with Crippen LogP contribution < -0.4 is 0 Å². The molecule has 2 aromatic heterocycles. The maximum atomic E-state index is 11.4. The first-order valence-corrected chi connectivity index (χ1v) is 9.37. The van der Waals surface area contributed by atoms with Crippen LogP contribution in [-0.2, 0) is 22.6 Å². The van der Waals surface area contributed by atoms with Gasteiger partial charge in [-0.05, 0) is 43.0 Å². The minimum atomic E-state index is -0.168. The molecule has 6 nitrogen and oxygen atoms in total. The number of pyridine rings is 2. The fourth-order valence-corrected chi connectivity index (χ4v) is 3.51. The summed E-state index contributed by atoms with van der Waals surface area (Å²) in [6.45, 7) is 9.01. The number of esters is 1. The van der Waals surface area contributed by atoms with Crippen LogP contribution in [0.2, 0.25) is 0 Å². The molecule has 0 aromatic carbocycles. The Morgan fingerprint density at radius 1 is 1.11 bits per heavy atom. The van der Waals surface area contributed by atoms with Crippen molar-refractivity contribution in [3.8, 4) is 0 Å². The lowest BCUT2D eigenvalue weighted by Gasteiger charge is -2.41. The fraction of sp³-hybridized carbons (Fsp3) is 0.476. The Bertz CT molecular complexity index is 727. The number of rotatable bonds is 8. The smallest absolute Gasteiger partial charge is 0.319 e. The van der Waals surface area contributed by atoms with E-state index in [0.29, 0.717) is 12.5 Å².